The van der Waals surface area contributed by atoms with Crippen molar-refractivity contribution in [2.24, 2.45) is 11.7 Å². The van der Waals surface area contributed by atoms with Gasteiger partial charge in [-0.3, -0.25) is 19.2 Å². The van der Waals surface area contributed by atoms with Gasteiger partial charge >= 0.3 is 11.9 Å². The zero-order valence-electron chi connectivity index (χ0n) is 23.4. The lowest BCUT2D eigenvalue weighted by molar-refractivity contribution is -0.143. The second-order valence-electron chi connectivity index (χ2n) is 10.2. The first-order chi connectivity index (χ1) is 20.0. The molecule has 5 atom stereocenters. The van der Waals surface area contributed by atoms with Crippen molar-refractivity contribution >= 4 is 40.6 Å². The summed E-state index contributed by atoms with van der Waals surface area (Å²) in [6.45, 7) is 3.70. The third kappa shape index (κ3) is 8.64. The molecule has 3 amide bonds. The number of aromatic nitrogens is 3. The lowest BCUT2D eigenvalue weighted by Gasteiger charge is -2.26. The number of nitrogens with zero attached hydrogens (tertiary/aromatic N) is 1. The Balaban J connectivity index is 1.84. The highest BCUT2D eigenvalue weighted by Crippen LogP contribution is 2.19. The van der Waals surface area contributed by atoms with Crippen LogP contribution in [0.2, 0.25) is 0 Å². The molecule has 0 fully saturated rings. The van der Waals surface area contributed by atoms with E-state index in [1.165, 1.54) is 12.5 Å². The van der Waals surface area contributed by atoms with Crippen molar-refractivity contribution in [3.63, 3.8) is 0 Å². The monoisotopic (exact) mass is 583 g/mol. The maximum Gasteiger partial charge on any atom is 0.326 e. The first kappa shape index (κ1) is 31.8. The summed E-state index contributed by atoms with van der Waals surface area (Å²) in [6.07, 6.45) is 4.25. The van der Waals surface area contributed by atoms with E-state index in [4.69, 9.17) is 5.73 Å². The first-order valence-electron chi connectivity index (χ1n) is 13.6. The number of benzene rings is 1. The number of hydrogen-bond donors (Lipinski definition) is 8. The summed E-state index contributed by atoms with van der Waals surface area (Å²) in [7, 11) is 0. The van der Waals surface area contributed by atoms with Gasteiger partial charge in [0.1, 0.15) is 18.1 Å². The Morgan fingerprint density at radius 2 is 1.60 bits per heavy atom. The summed E-state index contributed by atoms with van der Waals surface area (Å²) < 4.78 is 0. The number of carboxylic acids is 2. The van der Waals surface area contributed by atoms with Crippen LogP contribution in [0.25, 0.3) is 10.9 Å². The van der Waals surface area contributed by atoms with Crippen molar-refractivity contribution in [1.82, 2.24) is 30.9 Å². The number of fused-ring (bicyclic) bond motifs is 1. The maximum absolute atomic E-state index is 13.6. The predicted molar refractivity (Wildman–Crippen MR) is 152 cm³/mol. The van der Waals surface area contributed by atoms with Crippen molar-refractivity contribution < 1.29 is 34.2 Å². The lowest BCUT2D eigenvalue weighted by atomic mass is 9.98. The molecule has 3 rings (SSSR count). The average Bonchev–Trinajstić information content (AvgIpc) is 3.63. The van der Waals surface area contributed by atoms with Crippen LogP contribution in [0.3, 0.4) is 0 Å². The fourth-order valence-electron chi connectivity index (χ4n) is 4.41. The fourth-order valence-corrected chi connectivity index (χ4v) is 4.41. The molecule has 0 aliphatic rings. The number of hydrogen-bond acceptors (Lipinski definition) is 7. The van der Waals surface area contributed by atoms with E-state index in [0.29, 0.717) is 12.1 Å². The summed E-state index contributed by atoms with van der Waals surface area (Å²) in [5, 5.41) is 27.3. The van der Waals surface area contributed by atoms with Crippen LogP contribution < -0.4 is 21.7 Å². The number of carbonyl (C=O) groups is 5. The molecule has 2 aromatic heterocycles. The van der Waals surface area contributed by atoms with Gasteiger partial charge in [0.2, 0.25) is 17.7 Å². The zero-order valence-corrected chi connectivity index (χ0v) is 23.4. The number of para-hydroxylation sites is 1. The minimum absolute atomic E-state index is 0.0413. The molecule has 0 spiro atoms. The highest BCUT2D eigenvalue weighted by atomic mass is 16.4. The van der Waals surface area contributed by atoms with E-state index in [9.17, 15) is 34.2 Å². The summed E-state index contributed by atoms with van der Waals surface area (Å²) in [5.74, 6) is -4.90. The molecule has 3 aromatic rings. The van der Waals surface area contributed by atoms with E-state index < -0.39 is 60.2 Å². The maximum atomic E-state index is 13.6. The second kappa shape index (κ2) is 14.8. The molecule has 0 aliphatic carbocycles. The molecular weight excluding hydrogens is 546 g/mol. The normalized spacial score (nSPS) is 14.7. The van der Waals surface area contributed by atoms with Crippen LogP contribution >= 0.6 is 0 Å². The molecule has 1 aromatic carbocycles. The Kier molecular flexibility index (Phi) is 11.2. The Hall–Kier alpha value is -4.72. The third-order valence-electron chi connectivity index (χ3n) is 7.17. The Labute approximate surface area is 241 Å². The van der Waals surface area contributed by atoms with Crippen LogP contribution in [-0.2, 0) is 36.8 Å². The molecule has 0 saturated carbocycles. The van der Waals surface area contributed by atoms with Crippen molar-refractivity contribution in [3.8, 4) is 0 Å². The average molecular weight is 584 g/mol. The molecular formula is C28H37N7O7. The Morgan fingerprint density at radius 1 is 0.929 bits per heavy atom. The Bertz CT molecular complexity index is 1390. The van der Waals surface area contributed by atoms with E-state index in [2.05, 4.69) is 30.9 Å². The molecule has 14 nitrogen and oxygen atoms in total. The van der Waals surface area contributed by atoms with Gasteiger partial charge in [0.15, 0.2) is 0 Å². The number of aromatic amines is 2. The summed E-state index contributed by atoms with van der Waals surface area (Å²) >= 11 is 0. The van der Waals surface area contributed by atoms with Crippen LogP contribution in [0, 0.1) is 5.92 Å². The SMILES string of the molecule is CCC(C)C(N)C(=O)NC(Cc1c[nH]c2ccccc12)C(=O)NC(CCC(=O)O)C(=O)NC(Cc1cnc[nH]1)C(=O)O. The van der Waals surface area contributed by atoms with Gasteiger partial charge in [0, 0.05) is 48.3 Å². The van der Waals surface area contributed by atoms with Crippen molar-refractivity contribution in [2.75, 3.05) is 0 Å². The minimum atomic E-state index is -1.40. The van der Waals surface area contributed by atoms with Crippen molar-refractivity contribution in [1.29, 1.82) is 0 Å². The number of carbonyl (C=O) groups excluding carboxylic acids is 3. The minimum Gasteiger partial charge on any atom is -0.481 e. The number of carboxylic acid groups (broad SMARTS) is 2. The van der Waals surface area contributed by atoms with E-state index in [1.54, 1.807) is 6.20 Å². The summed E-state index contributed by atoms with van der Waals surface area (Å²) in [4.78, 5) is 72.6. The van der Waals surface area contributed by atoms with E-state index in [-0.39, 0.29) is 25.2 Å². The van der Waals surface area contributed by atoms with Gasteiger partial charge in [-0.25, -0.2) is 9.78 Å². The van der Waals surface area contributed by atoms with Gasteiger partial charge in [0.25, 0.3) is 0 Å². The van der Waals surface area contributed by atoms with Gasteiger partial charge in [-0.05, 0) is 24.0 Å². The number of aliphatic carboxylic acids is 2. The fraction of sp³-hybridized carbons (Fsp3) is 0.429. The molecule has 2 heterocycles. The van der Waals surface area contributed by atoms with E-state index >= 15 is 0 Å². The highest BCUT2D eigenvalue weighted by molar-refractivity contribution is 5.95. The van der Waals surface area contributed by atoms with Gasteiger partial charge in [-0.1, -0.05) is 38.5 Å². The summed E-state index contributed by atoms with van der Waals surface area (Å²) in [6, 6.07) is 2.56. The molecule has 42 heavy (non-hydrogen) atoms. The van der Waals surface area contributed by atoms with Gasteiger partial charge in [-0.15, -0.1) is 0 Å². The molecule has 226 valence electrons. The molecule has 5 unspecified atom stereocenters. The van der Waals surface area contributed by atoms with Gasteiger partial charge in [0.05, 0.1) is 12.4 Å². The molecule has 14 heteroatoms. The largest absolute Gasteiger partial charge is 0.481 e. The van der Waals surface area contributed by atoms with Crippen molar-refractivity contribution in [2.45, 2.75) is 70.1 Å². The second-order valence-corrected chi connectivity index (χ2v) is 10.2. The molecule has 9 N–H and O–H groups in total. The predicted octanol–water partition coefficient (Wildman–Crippen LogP) is 0.453. The lowest BCUT2D eigenvalue weighted by Crippen LogP contribution is -2.58. The zero-order chi connectivity index (χ0) is 30.8. The standard InChI is InChI=1S/C28H37N7O7/c1-3-15(2)24(29)27(40)34-21(10-16-12-31-19-7-5-4-6-18(16)19)26(39)33-20(8-9-23(36)37)25(38)35-22(28(41)42)11-17-13-30-14-32-17/h4-7,12-15,20-22,24,31H,3,8-11,29H2,1-2H3,(H,30,32)(H,33,39)(H,34,40)(H,35,38)(H,36,37)(H,41,42). The number of nitrogens with one attached hydrogen (secondary N) is 5. The van der Waals surface area contributed by atoms with Gasteiger partial charge < -0.3 is 41.9 Å². The smallest absolute Gasteiger partial charge is 0.326 e. The highest BCUT2D eigenvalue weighted by Gasteiger charge is 2.32. The summed E-state index contributed by atoms with van der Waals surface area (Å²) in [5.41, 5.74) is 8.11. The number of imidazole rings is 1. The van der Waals surface area contributed by atoms with Gasteiger partial charge in [-0.2, -0.15) is 0 Å². The van der Waals surface area contributed by atoms with Crippen LogP contribution in [0.15, 0.2) is 43.0 Å². The molecule has 0 radical (unpaired) electrons. The number of rotatable bonds is 16. The van der Waals surface area contributed by atoms with Crippen molar-refractivity contribution in [3.05, 3.63) is 54.2 Å². The van der Waals surface area contributed by atoms with Crippen LogP contribution in [0.5, 0.6) is 0 Å². The van der Waals surface area contributed by atoms with E-state index in [1.807, 2.05) is 38.1 Å². The molecule has 0 bridgehead atoms. The van der Waals surface area contributed by atoms with E-state index in [0.717, 1.165) is 16.5 Å². The Morgan fingerprint density at radius 3 is 2.24 bits per heavy atom. The topological polar surface area (TPSA) is 232 Å². The number of H-pyrrole nitrogens is 2. The number of nitrogens with two attached hydrogens (primary N) is 1. The van der Waals surface area contributed by atoms with Crippen LogP contribution in [-0.4, -0.2) is 79.0 Å². The van der Waals surface area contributed by atoms with Crippen LogP contribution in [0.4, 0.5) is 0 Å². The third-order valence-corrected chi connectivity index (χ3v) is 7.17. The number of amides is 3. The molecule has 0 aliphatic heterocycles. The van der Waals surface area contributed by atoms with Crippen LogP contribution in [0.1, 0.15) is 44.4 Å². The quantitative estimate of drug-likeness (QED) is 0.117. The first-order valence-corrected chi connectivity index (χ1v) is 13.6. The molecule has 0 saturated heterocycles.